The molecule has 29 heavy (non-hydrogen) atoms. The van der Waals surface area contributed by atoms with Crippen LogP contribution in [0.25, 0.3) is 0 Å². The Kier molecular flexibility index (Phi) is 7.40. The molecule has 6 heteroatoms. The van der Waals surface area contributed by atoms with Crippen molar-refractivity contribution in [3.05, 3.63) is 59.2 Å². The molecular weight excluding hydrogens is 388 g/mol. The Morgan fingerprint density at radius 3 is 2.55 bits per heavy atom. The molecule has 2 aliphatic rings. The van der Waals surface area contributed by atoms with E-state index in [-0.39, 0.29) is 24.4 Å². The summed E-state index contributed by atoms with van der Waals surface area (Å²) >= 11 is 0. The van der Waals surface area contributed by atoms with Crippen molar-refractivity contribution in [1.29, 1.82) is 0 Å². The quantitative estimate of drug-likeness (QED) is 0.809. The van der Waals surface area contributed by atoms with Crippen LogP contribution in [0.5, 0.6) is 11.5 Å². The van der Waals surface area contributed by atoms with E-state index in [1.54, 1.807) is 0 Å². The molecule has 0 bridgehead atoms. The van der Waals surface area contributed by atoms with E-state index in [0.717, 1.165) is 43.1 Å². The molecule has 2 aromatic carbocycles. The number of hydrogen-bond donors (Lipinski definition) is 1. The minimum Gasteiger partial charge on any atom is -0.486 e. The number of benzene rings is 2. The lowest BCUT2D eigenvalue weighted by atomic mass is 10.00. The molecule has 1 N–H and O–H groups in total. The lowest BCUT2D eigenvalue weighted by Gasteiger charge is -2.37. The molecule has 0 spiro atoms. The molecule has 1 amide bonds. The van der Waals surface area contributed by atoms with Crippen molar-refractivity contribution < 1.29 is 14.3 Å². The number of halogens is 1. The molecule has 2 heterocycles. The molecule has 5 nitrogen and oxygen atoms in total. The maximum atomic E-state index is 13.0. The van der Waals surface area contributed by atoms with Crippen LogP contribution in [0.2, 0.25) is 0 Å². The van der Waals surface area contributed by atoms with Crippen molar-refractivity contribution in [2.45, 2.75) is 32.2 Å². The number of piperazine rings is 1. The van der Waals surface area contributed by atoms with Gasteiger partial charge in [-0.1, -0.05) is 37.3 Å². The van der Waals surface area contributed by atoms with Gasteiger partial charge in [-0.15, -0.1) is 12.4 Å². The number of carbonyl (C=O) groups excluding carboxylic acids is 1. The lowest BCUT2D eigenvalue weighted by molar-refractivity contribution is -0.134. The molecule has 156 valence electrons. The van der Waals surface area contributed by atoms with Gasteiger partial charge in [0.2, 0.25) is 5.91 Å². The van der Waals surface area contributed by atoms with E-state index in [0.29, 0.717) is 26.1 Å². The fraction of sp³-hybridized carbons (Fsp3) is 0.435. The van der Waals surface area contributed by atoms with Crippen LogP contribution in [0.4, 0.5) is 0 Å². The Bertz CT molecular complexity index is 825. The molecule has 4 rings (SSSR count). The second kappa shape index (κ2) is 9.99. The van der Waals surface area contributed by atoms with Gasteiger partial charge in [0, 0.05) is 26.1 Å². The molecule has 2 aliphatic heterocycles. The van der Waals surface area contributed by atoms with E-state index in [1.807, 2.05) is 23.1 Å². The van der Waals surface area contributed by atoms with Crippen LogP contribution in [0.1, 0.15) is 36.1 Å². The van der Waals surface area contributed by atoms with Gasteiger partial charge in [0.05, 0.1) is 6.04 Å². The van der Waals surface area contributed by atoms with Crippen molar-refractivity contribution in [2.75, 3.05) is 32.8 Å². The van der Waals surface area contributed by atoms with E-state index in [2.05, 4.69) is 36.5 Å². The molecule has 0 aliphatic carbocycles. The molecule has 1 unspecified atom stereocenters. The zero-order valence-electron chi connectivity index (χ0n) is 16.9. The van der Waals surface area contributed by atoms with Gasteiger partial charge in [0.1, 0.15) is 13.2 Å². The summed E-state index contributed by atoms with van der Waals surface area (Å²) in [5.41, 5.74) is 3.64. The first-order valence-electron chi connectivity index (χ1n) is 10.2. The third-order valence-electron chi connectivity index (χ3n) is 5.57. The number of ether oxygens (including phenoxy) is 2. The first-order chi connectivity index (χ1) is 13.7. The van der Waals surface area contributed by atoms with E-state index >= 15 is 0 Å². The number of aryl methyl sites for hydroxylation is 2. The number of carbonyl (C=O) groups is 1. The van der Waals surface area contributed by atoms with Crippen LogP contribution in [-0.4, -0.2) is 43.7 Å². The van der Waals surface area contributed by atoms with Gasteiger partial charge >= 0.3 is 0 Å². The van der Waals surface area contributed by atoms with Gasteiger partial charge in [-0.05, 0) is 41.7 Å². The van der Waals surface area contributed by atoms with Crippen LogP contribution in [-0.2, 0) is 17.6 Å². The fourth-order valence-corrected chi connectivity index (χ4v) is 3.91. The summed E-state index contributed by atoms with van der Waals surface area (Å²) < 4.78 is 11.2. The summed E-state index contributed by atoms with van der Waals surface area (Å²) in [5, 5.41) is 3.43. The summed E-state index contributed by atoms with van der Waals surface area (Å²) in [6.45, 7) is 5.73. The van der Waals surface area contributed by atoms with Crippen LogP contribution >= 0.6 is 12.4 Å². The average molecular weight is 417 g/mol. The highest BCUT2D eigenvalue weighted by Crippen LogP contribution is 2.31. The average Bonchev–Trinajstić information content (AvgIpc) is 2.77. The standard InChI is InChI=1S/C23H28N2O3.ClH/c1-2-17-3-7-19(8-4-17)20-16-24-11-12-25(20)23(26)10-6-18-5-9-21-22(15-18)28-14-13-27-21;/h3-5,7-9,15,20,24H,2,6,10-14,16H2,1H3;1H. The number of fused-ring (bicyclic) bond motifs is 1. The van der Waals surface area contributed by atoms with E-state index in [4.69, 9.17) is 9.47 Å². The largest absolute Gasteiger partial charge is 0.486 e. The van der Waals surface area contributed by atoms with Crippen LogP contribution in [0, 0.1) is 0 Å². The molecule has 0 saturated carbocycles. The van der Waals surface area contributed by atoms with E-state index < -0.39 is 0 Å². The first kappa shape index (κ1) is 21.5. The maximum Gasteiger partial charge on any atom is 0.223 e. The van der Waals surface area contributed by atoms with Crippen molar-refractivity contribution in [1.82, 2.24) is 10.2 Å². The molecule has 1 atom stereocenters. The Labute approximate surface area is 178 Å². The van der Waals surface area contributed by atoms with Gasteiger partial charge in [-0.3, -0.25) is 4.79 Å². The number of nitrogens with one attached hydrogen (secondary N) is 1. The number of nitrogens with zero attached hydrogens (tertiary/aromatic N) is 1. The Morgan fingerprint density at radius 1 is 1.07 bits per heavy atom. The zero-order chi connectivity index (χ0) is 19.3. The normalized spacial score (nSPS) is 18.1. The molecule has 1 saturated heterocycles. The van der Waals surface area contributed by atoms with Crippen LogP contribution in [0.3, 0.4) is 0 Å². The third-order valence-corrected chi connectivity index (χ3v) is 5.57. The predicted molar refractivity (Wildman–Crippen MR) is 116 cm³/mol. The van der Waals surface area contributed by atoms with Gasteiger partial charge in [-0.25, -0.2) is 0 Å². The summed E-state index contributed by atoms with van der Waals surface area (Å²) in [6, 6.07) is 14.7. The van der Waals surface area contributed by atoms with Crippen molar-refractivity contribution in [3.8, 4) is 11.5 Å². The highest BCUT2D eigenvalue weighted by atomic mass is 35.5. The molecular formula is C23H29ClN2O3. The van der Waals surface area contributed by atoms with Gasteiger partial charge in [0.15, 0.2) is 11.5 Å². The van der Waals surface area contributed by atoms with Gasteiger partial charge < -0.3 is 19.7 Å². The highest BCUT2D eigenvalue weighted by molar-refractivity contribution is 5.85. The molecule has 0 aromatic heterocycles. The Balaban J connectivity index is 0.00000240. The monoisotopic (exact) mass is 416 g/mol. The third kappa shape index (κ3) is 5.03. The van der Waals surface area contributed by atoms with E-state index in [1.165, 1.54) is 11.1 Å². The smallest absolute Gasteiger partial charge is 0.223 e. The SMILES string of the molecule is CCc1ccc(C2CNCCN2C(=O)CCc2ccc3c(c2)OCCO3)cc1.Cl. The van der Waals surface area contributed by atoms with Crippen LogP contribution < -0.4 is 14.8 Å². The van der Waals surface area contributed by atoms with Crippen molar-refractivity contribution >= 4 is 18.3 Å². The Hall–Kier alpha value is -2.24. The van der Waals surface area contributed by atoms with Crippen molar-refractivity contribution in [2.24, 2.45) is 0 Å². The fourth-order valence-electron chi connectivity index (χ4n) is 3.91. The number of hydrogen-bond acceptors (Lipinski definition) is 4. The number of rotatable bonds is 5. The second-order valence-electron chi connectivity index (χ2n) is 7.38. The van der Waals surface area contributed by atoms with Gasteiger partial charge in [-0.2, -0.15) is 0 Å². The summed E-state index contributed by atoms with van der Waals surface area (Å²) in [4.78, 5) is 15.0. The predicted octanol–water partition coefficient (Wildman–Crippen LogP) is 3.55. The topological polar surface area (TPSA) is 50.8 Å². The summed E-state index contributed by atoms with van der Waals surface area (Å²) in [7, 11) is 0. The molecule has 2 aromatic rings. The van der Waals surface area contributed by atoms with Crippen LogP contribution in [0.15, 0.2) is 42.5 Å². The van der Waals surface area contributed by atoms with Gasteiger partial charge in [0.25, 0.3) is 0 Å². The zero-order valence-corrected chi connectivity index (χ0v) is 17.7. The summed E-state index contributed by atoms with van der Waals surface area (Å²) in [5.74, 6) is 1.78. The minimum atomic E-state index is 0. The number of amides is 1. The maximum absolute atomic E-state index is 13.0. The molecule has 0 radical (unpaired) electrons. The van der Waals surface area contributed by atoms with E-state index in [9.17, 15) is 4.79 Å². The first-order valence-corrected chi connectivity index (χ1v) is 10.2. The molecule has 1 fully saturated rings. The Morgan fingerprint density at radius 2 is 1.79 bits per heavy atom. The van der Waals surface area contributed by atoms with Crippen molar-refractivity contribution in [3.63, 3.8) is 0 Å². The second-order valence-corrected chi connectivity index (χ2v) is 7.38. The minimum absolute atomic E-state index is 0. The summed E-state index contributed by atoms with van der Waals surface area (Å²) in [6.07, 6.45) is 2.24. The highest BCUT2D eigenvalue weighted by Gasteiger charge is 2.27. The lowest BCUT2D eigenvalue weighted by Crippen LogP contribution is -2.48.